The molecule has 0 aliphatic rings. The molecule has 3 aromatic rings. The highest BCUT2D eigenvalue weighted by atomic mass is 16.6. The monoisotopic (exact) mass is 376 g/mol. The van der Waals surface area contributed by atoms with Crippen LogP contribution >= 0.6 is 0 Å². The van der Waals surface area contributed by atoms with E-state index >= 15 is 0 Å². The van der Waals surface area contributed by atoms with Crippen LogP contribution in [-0.2, 0) is 0 Å². The molecule has 0 saturated heterocycles. The number of amides is 2. The summed E-state index contributed by atoms with van der Waals surface area (Å²) in [5.74, 6) is -1.50. The lowest BCUT2D eigenvalue weighted by molar-refractivity contribution is -0.384. The number of nitro benzene ring substituents is 1. The van der Waals surface area contributed by atoms with E-state index in [4.69, 9.17) is 0 Å². The zero-order valence-electron chi connectivity index (χ0n) is 14.2. The quantitative estimate of drug-likeness (QED) is 0.288. The molecule has 0 fully saturated rings. The highest BCUT2D eigenvalue weighted by Crippen LogP contribution is 2.13. The Morgan fingerprint density at radius 3 is 2.50 bits per heavy atom. The lowest BCUT2D eigenvalue weighted by atomic mass is 10.2. The van der Waals surface area contributed by atoms with Crippen molar-refractivity contribution < 1.29 is 14.5 Å². The predicted molar refractivity (Wildman–Crippen MR) is 97.5 cm³/mol. The number of imide groups is 1. The van der Waals surface area contributed by atoms with Crippen molar-refractivity contribution in [1.29, 1.82) is 0 Å². The Balaban J connectivity index is 1.96. The zero-order chi connectivity index (χ0) is 19.9. The van der Waals surface area contributed by atoms with E-state index in [0.717, 1.165) is 0 Å². The number of benzene rings is 1. The normalized spacial score (nSPS) is 10.6. The molecule has 0 aliphatic carbocycles. The lowest BCUT2D eigenvalue weighted by Gasteiger charge is -2.14. The Morgan fingerprint density at radius 1 is 1.04 bits per heavy atom. The fourth-order valence-corrected chi connectivity index (χ4v) is 2.17. The van der Waals surface area contributed by atoms with Crippen LogP contribution in [0, 0.1) is 10.1 Å². The van der Waals surface area contributed by atoms with Gasteiger partial charge in [0.15, 0.2) is 0 Å². The molecule has 0 N–H and O–H groups in total. The molecule has 138 valence electrons. The summed E-state index contributed by atoms with van der Waals surface area (Å²) < 4.78 is 0. The molecule has 0 spiro atoms. The van der Waals surface area contributed by atoms with Crippen LogP contribution in [0.4, 0.5) is 5.69 Å². The summed E-state index contributed by atoms with van der Waals surface area (Å²) in [7, 11) is 0. The fraction of sp³-hybridized carbons (Fsp3) is 0. The molecule has 2 heterocycles. The number of rotatable bonds is 5. The number of hydrogen-bond acceptors (Lipinski definition) is 8. The van der Waals surface area contributed by atoms with E-state index < -0.39 is 16.7 Å². The van der Waals surface area contributed by atoms with E-state index in [1.54, 1.807) is 6.07 Å². The largest absolute Gasteiger partial charge is 0.301 e. The van der Waals surface area contributed by atoms with E-state index in [2.05, 4.69) is 20.1 Å². The lowest BCUT2D eigenvalue weighted by Crippen LogP contribution is -2.33. The molecular weight excluding hydrogens is 364 g/mol. The highest BCUT2D eigenvalue weighted by molar-refractivity contribution is 6.09. The van der Waals surface area contributed by atoms with Crippen LogP contribution < -0.4 is 0 Å². The van der Waals surface area contributed by atoms with E-state index in [-0.39, 0.29) is 16.9 Å². The first kappa shape index (κ1) is 18.5. The maximum absolute atomic E-state index is 12.8. The second-order valence-corrected chi connectivity index (χ2v) is 5.35. The third-order valence-electron chi connectivity index (χ3n) is 3.50. The summed E-state index contributed by atoms with van der Waals surface area (Å²) in [5.41, 5.74) is 0.300. The minimum absolute atomic E-state index is 0.0823. The van der Waals surface area contributed by atoms with Gasteiger partial charge < -0.3 is 0 Å². The van der Waals surface area contributed by atoms with Gasteiger partial charge in [-0.25, -0.2) is 4.98 Å². The third kappa shape index (κ3) is 4.25. The SMILES string of the molecule is O=C(c1ccncc1)N(/N=C/c1cccc([N+](=O)[O-])c1)C(=O)c1cnccn1. The van der Waals surface area contributed by atoms with E-state index in [1.807, 2.05) is 0 Å². The van der Waals surface area contributed by atoms with Gasteiger partial charge in [-0.1, -0.05) is 12.1 Å². The van der Waals surface area contributed by atoms with E-state index in [9.17, 15) is 19.7 Å². The van der Waals surface area contributed by atoms with Crippen molar-refractivity contribution in [2.75, 3.05) is 0 Å². The number of aromatic nitrogens is 3. The van der Waals surface area contributed by atoms with Crippen LogP contribution in [-0.4, -0.2) is 42.9 Å². The van der Waals surface area contributed by atoms with Crippen molar-refractivity contribution in [3.63, 3.8) is 0 Å². The van der Waals surface area contributed by atoms with Crippen LogP contribution in [0.3, 0.4) is 0 Å². The zero-order valence-corrected chi connectivity index (χ0v) is 14.2. The van der Waals surface area contributed by atoms with Crippen molar-refractivity contribution in [3.8, 4) is 0 Å². The molecule has 0 aliphatic heterocycles. The molecule has 28 heavy (non-hydrogen) atoms. The number of hydrogen-bond donors (Lipinski definition) is 0. The topological polar surface area (TPSA) is 132 Å². The molecule has 10 heteroatoms. The van der Waals surface area contributed by atoms with Crippen LogP contribution in [0.25, 0.3) is 0 Å². The van der Waals surface area contributed by atoms with Gasteiger partial charge >= 0.3 is 5.91 Å². The maximum Gasteiger partial charge on any atom is 0.301 e. The van der Waals surface area contributed by atoms with Crippen molar-refractivity contribution in [3.05, 3.63) is 94.3 Å². The van der Waals surface area contributed by atoms with Gasteiger partial charge in [-0.15, -0.1) is 0 Å². The van der Waals surface area contributed by atoms with Gasteiger partial charge in [-0.2, -0.15) is 10.1 Å². The molecular formula is C18H12N6O4. The number of nitrogens with zero attached hydrogens (tertiary/aromatic N) is 6. The summed E-state index contributed by atoms with van der Waals surface area (Å²) in [6.07, 6.45) is 7.90. The summed E-state index contributed by atoms with van der Waals surface area (Å²) in [5, 5.41) is 15.5. The van der Waals surface area contributed by atoms with Gasteiger partial charge in [0, 0.05) is 48.0 Å². The van der Waals surface area contributed by atoms with E-state index in [1.165, 1.54) is 67.5 Å². The summed E-state index contributed by atoms with van der Waals surface area (Å²) in [6, 6.07) is 8.48. The van der Waals surface area contributed by atoms with E-state index in [0.29, 0.717) is 10.6 Å². The Morgan fingerprint density at radius 2 is 1.82 bits per heavy atom. The average Bonchev–Trinajstić information content (AvgIpc) is 2.75. The first-order valence-corrected chi connectivity index (χ1v) is 7.89. The average molecular weight is 376 g/mol. The van der Waals surface area contributed by atoms with Crippen molar-refractivity contribution in [1.82, 2.24) is 20.0 Å². The van der Waals surface area contributed by atoms with Crippen LogP contribution in [0.1, 0.15) is 26.4 Å². The van der Waals surface area contributed by atoms with Gasteiger partial charge in [0.25, 0.3) is 11.6 Å². The Kier molecular flexibility index (Phi) is 5.51. The van der Waals surface area contributed by atoms with Crippen LogP contribution in [0.15, 0.2) is 72.5 Å². The van der Waals surface area contributed by atoms with Gasteiger partial charge in [0.2, 0.25) is 0 Å². The smallest absolute Gasteiger partial charge is 0.267 e. The molecule has 0 radical (unpaired) electrons. The number of nitro groups is 1. The van der Waals surface area contributed by atoms with Crippen molar-refractivity contribution >= 4 is 23.7 Å². The predicted octanol–water partition coefficient (Wildman–Crippen LogP) is 2.10. The fourth-order valence-electron chi connectivity index (χ4n) is 2.17. The number of non-ortho nitro benzene ring substituents is 1. The maximum atomic E-state index is 12.8. The summed E-state index contributed by atoms with van der Waals surface area (Å²) >= 11 is 0. The Labute approximate surface area is 158 Å². The molecule has 0 unspecified atom stereocenters. The molecule has 0 saturated carbocycles. The van der Waals surface area contributed by atoms with Gasteiger partial charge in [0.05, 0.1) is 17.3 Å². The first-order valence-electron chi connectivity index (χ1n) is 7.89. The van der Waals surface area contributed by atoms with Gasteiger partial charge in [0.1, 0.15) is 5.69 Å². The molecule has 2 aromatic heterocycles. The first-order chi connectivity index (χ1) is 13.6. The summed E-state index contributed by atoms with van der Waals surface area (Å²) in [4.78, 5) is 47.4. The van der Waals surface area contributed by atoms with Crippen molar-refractivity contribution in [2.45, 2.75) is 0 Å². The highest BCUT2D eigenvalue weighted by Gasteiger charge is 2.25. The number of carbonyl (C=O) groups is 2. The van der Waals surface area contributed by atoms with Crippen molar-refractivity contribution in [2.24, 2.45) is 5.10 Å². The number of carbonyl (C=O) groups excluding carboxylic acids is 2. The molecule has 0 atom stereocenters. The molecule has 3 rings (SSSR count). The standard InChI is InChI=1S/C18H12N6O4/c25-17(14-4-6-19-7-5-14)23(18(26)16-12-20-8-9-21-16)22-11-13-2-1-3-15(10-13)24(27)28/h1-12H/b22-11+. The minimum Gasteiger partial charge on any atom is -0.267 e. The third-order valence-corrected chi connectivity index (χ3v) is 3.50. The Bertz CT molecular complexity index is 989. The second kappa shape index (κ2) is 8.36. The van der Waals surface area contributed by atoms with Gasteiger partial charge in [-0.05, 0) is 12.1 Å². The molecule has 2 amide bonds. The second-order valence-electron chi connectivity index (χ2n) is 5.35. The molecule has 10 nitrogen and oxygen atoms in total. The number of hydrazone groups is 1. The summed E-state index contributed by atoms with van der Waals surface area (Å²) in [6.45, 7) is 0. The molecule has 1 aromatic carbocycles. The Hall–Kier alpha value is -4.34. The molecule has 0 bridgehead atoms. The minimum atomic E-state index is -0.795. The van der Waals surface area contributed by atoms with Crippen LogP contribution in [0.2, 0.25) is 0 Å². The van der Waals surface area contributed by atoms with Gasteiger partial charge in [-0.3, -0.25) is 29.7 Å². The number of pyridine rings is 1. The van der Waals surface area contributed by atoms with Crippen LogP contribution in [0.5, 0.6) is 0 Å².